The van der Waals surface area contributed by atoms with E-state index in [0.29, 0.717) is 6.04 Å². The van der Waals surface area contributed by atoms with Gasteiger partial charge in [-0.1, -0.05) is 26.7 Å². The Morgan fingerprint density at radius 2 is 1.88 bits per heavy atom. The summed E-state index contributed by atoms with van der Waals surface area (Å²) in [6.07, 6.45) is 4.69. The zero-order valence-electron chi connectivity index (χ0n) is 11.6. The maximum atomic E-state index is 12.0. The fraction of sp³-hybridized carbons (Fsp3) is 0.923. The monoisotopic (exact) mass is 241 g/mol. The van der Waals surface area contributed by atoms with Gasteiger partial charge in [0.1, 0.15) is 0 Å². The minimum absolute atomic E-state index is 0.00116. The van der Waals surface area contributed by atoms with Crippen molar-refractivity contribution in [2.24, 2.45) is 11.7 Å². The predicted octanol–water partition coefficient (Wildman–Crippen LogP) is 0.959. The second-order valence-corrected chi connectivity index (χ2v) is 5.70. The third kappa shape index (κ3) is 3.96. The first kappa shape index (κ1) is 14.5. The predicted molar refractivity (Wildman–Crippen MR) is 70.7 cm³/mol. The van der Waals surface area contributed by atoms with Gasteiger partial charge < -0.3 is 16.0 Å². The van der Waals surface area contributed by atoms with Crippen molar-refractivity contribution in [1.82, 2.24) is 10.2 Å². The number of amides is 1. The number of carbonyl (C=O) groups is 1. The van der Waals surface area contributed by atoms with E-state index in [4.69, 9.17) is 5.73 Å². The van der Waals surface area contributed by atoms with E-state index in [9.17, 15) is 4.79 Å². The smallest absolute Gasteiger partial charge is 0.237 e. The average molecular weight is 241 g/mol. The molecule has 0 radical (unpaired) electrons. The van der Waals surface area contributed by atoms with E-state index in [2.05, 4.69) is 24.3 Å². The van der Waals surface area contributed by atoms with Crippen molar-refractivity contribution >= 4 is 5.91 Å². The van der Waals surface area contributed by atoms with Gasteiger partial charge in [-0.3, -0.25) is 4.79 Å². The maximum absolute atomic E-state index is 12.0. The second-order valence-electron chi connectivity index (χ2n) is 5.70. The number of hydrogen-bond acceptors (Lipinski definition) is 3. The van der Waals surface area contributed by atoms with Crippen molar-refractivity contribution in [2.75, 3.05) is 14.1 Å². The number of nitrogens with two attached hydrogens (primary N) is 1. The van der Waals surface area contributed by atoms with Crippen LogP contribution < -0.4 is 11.1 Å². The third-order valence-corrected chi connectivity index (χ3v) is 3.74. The van der Waals surface area contributed by atoms with Crippen LogP contribution >= 0.6 is 0 Å². The van der Waals surface area contributed by atoms with E-state index in [1.165, 1.54) is 12.8 Å². The highest BCUT2D eigenvalue weighted by molar-refractivity contribution is 5.82. The molecule has 0 aromatic heterocycles. The summed E-state index contributed by atoms with van der Waals surface area (Å²) >= 11 is 0. The first-order chi connectivity index (χ1) is 7.93. The SMILES string of the molecule is CC(C)[C@H](N)C(=O)N[C@H]1CCCC[C@@H]1N(C)C. The first-order valence-electron chi connectivity index (χ1n) is 6.66. The highest BCUT2D eigenvalue weighted by Crippen LogP contribution is 2.21. The van der Waals surface area contributed by atoms with Crippen LogP contribution in [0.4, 0.5) is 0 Å². The molecule has 4 heteroatoms. The van der Waals surface area contributed by atoms with Gasteiger partial charge >= 0.3 is 0 Å². The molecule has 1 aliphatic rings. The molecule has 1 saturated carbocycles. The molecule has 0 aromatic carbocycles. The van der Waals surface area contributed by atoms with Gasteiger partial charge in [-0.25, -0.2) is 0 Å². The molecule has 3 atom stereocenters. The minimum Gasteiger partial charge on any atom is -0.350 e. The van der Waals surface area contributed by atoms with Gasteiger partial charge in [0.25, 0.3) is 0 Å². The molecule has 1 amide bonds. The summed E-state index contributed by atoms with van der Waals surface area (Å²) < 4.78 is 0. The number of nitrogens with zero attached hydrogens (tertiary/aromatic N) is 1. The summed E-state index contributed by atoms with van der Waals surface area (Å²) in [7, 11) is 4.16. The van der Waals surface area contributed by atoms with E-state index in [1.54, 1.807) is 0 Å². The van der Waals surface area contributed by atoms with Gasteiger partial charge in [0.05, 0.1) is 6.04 Å². The van der Waals surface area contributed by atoms with Crippen molar-refractivity contribution in [1.29, 1.82) is 0 Å². The highest BCUT2D eigenvalue weighted by atomic mass is 16.2. The highest BCUT2D eigenvalue weighted by Gasteiger charge is 2.29. The van der Waals surface area contributed by atoms with Crippen molar-refractivity contribution < 1.29 is 4.79 Å². The number of nitrogens with one attached hydrogen (secondary N) is 1. The van der Waals surface area contributed by atoms with Gasteiger partial charge in [-0.2, -0.15) is 0 Å². The molecule has 1 aliphatic carbocycles. The van der Waals surface area contributed by atoms with Crippen LogP contribution in [-0.2, 0) is 4.79 Å². The van der Waals surface area contributed by atoms with Gasteiger partial charge in [0.15, 0.2) is 0 Å². The zero-order valence-corrected chi connectivity index (χ0v) is 11.6. The molecule has 3 N–H and O–H groups in total. The van der Waals surface area contributed by atoms with E-state index in [0.717, 1.165) is 12.8 Å². The Hall–Kier alpha value is -0.610. The Bertz CT molecular complexity index is 253. The molecular weight excluding hydrogens is 214 g/mol. The normalized spacial score (nSPS) is 27.2. The lowest BCUT2D eigenvalue weighted by Crippen LogP contribution is -2.55. The maximum Gasteiger partial charge on any atom is 0.237 e. The molecule has 1 fully saturated rings. The van der Waals surface area contributed by atoms with Crippen LogP contribution in [0.3, 0.4) is 0 Å². The lowest BCUT2D eigenvalue weighted by atomic mass is 9.89. The van der Waals surface area contributed by atoms with Crippen molar-refractivity contribution in [3.8, 4) is 0 Å². The van der Waals surface area contributed by atoms with Crippen LogP contribution in [0.25, 0.3) is 0 Å². The van der Waals surface area contributed by atoms with Crippen LogP contribution in [0, 0.1) is 5.92 Å². The largest absolute Gasteiger partial charge is 0.350 e. The van der Waals surface area contributed by atoms with Crippen LogP contribution in [-0.4, -0.2) is 43.0 Å². The van der Waals surface area contributed by atoms with Gasteiger partial charge in [-0.05, 0) is 32.9 Å². The van der Waals surface area contributed by atoms with Gasteiger partial charge in [-0.15, -0.1) is 0 Å². The third-order valence-electron chi connectivity index (χ3n) is 3.74. The molecule has 0 aromatic rings. The van der Waals surface area contributed by atoms with E-state index < -0.39 is 0 Å². The fourth-order valence-corrected chi connectivity index (χ4v) is 2.48. The Morgan fingerprint density at radius 3 is 2.41 bits per heavy atom. The summed E-state index contributed by atoms with van der Waals surface area (Å²) in [6.45, 7) is 3.96. The number of rotatable bonds is 4. The summed E-state index contributed by atoms with van der Waals surface area (Å²) in [5.41, 5.74) is 5.87. The second kappa shape index (κ2) is 6.36. The Labute approximate surface area is 105 Å². The zero-order chi connectivity index (χ0) is 13.0. The van der Waals surface area contributed by atoms with Crippen molar-refractivity contribution in [3.05, 3.63) is 0 Å². The van der Waals surface area contributed by atoms with Crippen LogP contribution in [0.5, 0.6) is 0 Å². The summed E-state index contributed by atoms with van der Waals surface area (Å²) in [5.74, 6) is 0.190. The topological polar surface area (TPSA) is 58.4 Å². The number of likely N-dealkylation sites (N-methyl/N-ethyl adjacent to an activating group) is 1. The van der Waals surface area contributed by atoms with E-state index >= 15 is 0 Å². The molecule has 0 bridgehead atoms. The fourth-order valence-electron chi connectivity index (χ4n) is 2.48. The standard InChI is InChI=1S/C13H27N3O/c1-9(2)12(14)13(17)15-10-7-5-6-8-11(10)16(3)4/h9-12H,5-8,14H2,1-4H3,(H,15,17)/t10-,11-,12-/m0/s1. The first-order valence-corrected chi connectivity index (χ1v) is 6.66. The molecular formula is C13H27N3O. The van der Waals surface area contributed by atoms with Crippen molar-refractivity contribution in [3.63, 3.8) is 0 Å². The Kier molecular flexibility index (Phi) is 5.40. The molecule has 17 heavy (non-hydrogen) atoms. The van der Waals surface area contributed by atoms with Gasteiger partial charge in [0.2, 0.25) is 5.91 Å². The van der Waals surface area contributed by atoms with Gasteiger partial charge in [0, 0.05) is 12.1 Å². The van der Waals surface area contributed by atoms with Crippen LogP contribution in [0.1, 0.15) is 39.5 Å². The summed E-state index contributed by atoms with van der Waals surface area (Å²) in [4.78, 5) is 14.2. The van der Waals surface area contributed by atoms with E-state index in [-0.39, 0.29) is 23.9 Å². The van der Waals surface area contributed by atoms with E-state index in [1.807, 2.05) is 13.8 Å². The Morgan fingerprint density at radius 1 is 1.29 bits per heavy atom. The summed E-state index contributed by atoms with van der Waals surface area (Å²) in [5, 5.41) is 3.13. The molecule has 0 aliphatic heterocycles. The van der Waals surface area contributed by atoms with Crippen molar-refractivity contribution in [2.45, 2.75) is 57.7 Å². The molecule has 100 valence electrons. The van der Waals surface area contributed by atoms with Crippen LogP contribution in [0.15, 0.2) is 0 Å². The number of carbonyl (C=O) groups excluding carboxylic acids is 1. The molecule has 0 heterocycles. The Balaban J connectivity index is 2.56. The average Bonchev–Trinajstić information content (AvgIpc) is 2.28. The molecule has 0 spiro atoms. The quantitative estimate of drug-likeness (QED) is 0.771. The summed E-state index contributed by atoms with van der Waals surface area (Å²) in [6, 6.07) is 0.322. The lowest BCUT2D eigenvalue weighted by Gasteiger charge is -2.37. The minimum atomic E-state index is -0.389. The molecule has 0 unspecified atom stereocenters. The molecule has 4 nitrogen and oxygen atoms in total. The number of hydrogen-bond donors (Lipinski definition) is 2. The van der Waals surface area contributed by atoms with Crippen LogP contribution in [0.2, 0.25) is 0 Å². The molecule has 1 rings (SSSR count). The lowest BCUT2D eigenvalue weighted by molar-refractivity contribution is -0.124. The molecule has 0 saturated heterocycles.